The Morgan fingerprint density at radius 1 is 1.44 bits per heavy atom. The molecular weight excluding hydrogens is 310 g/mol. The number of benzene rings is 1. The number of hydrogen-bond acceptors (Lipinski definition) is 3. The van der Waals surface area contributed by atoms with E-state index in [4.69, 9.17) is 4.74 Å². The summed E-state index contributed by atoms with van der Waals surface area (Å²) >= 11 is 5.43. The molecule has 0 amide bonds. The van der Waals surface area contributed by atoms with Crippen LogP contribution in [0.1, 0.15) is 20.3 Å². The fourth-order valence-corrected chi connectivity index (χ4v) is 2.72. The lowest BCUT2D eigenvalue weighted by atomic mass is 10.2. The Balaban J connectivity index is 2.07. The molecule has 0 saturated heterocycles. The van der Waals surface area contributed by atoms with Crippen molar-refractivity contribution >= 4 is 27.7 Å². The van der Waals surface area contributed by atoms with Crippen molar-refractivity contribution < 1.29 is 4.74 Å². The Morgan fingerprint density at radius 2 is 2.28 bits per heavy atom. The van der Waals surface area contributed by atoms with E-state index in [9.17, 15) is 0 Å². The lowest BCUT2D eigenvalue weighted by Gasteiger charge is -2.13. The van der Waals surface area contributed by atoms with E-state index in [-0.39, 0.29) is 0 Å². The monoisotopic (exact) mass is 331 g/mol. The fourth-order valence-electron chi connectivity index (χ4n) is 1.54. The van der Waals surface area contributed by atoms with Crippen molar-refractivity contribution in [2.75, 3.05) is 24.7 Å². The van der Waals surface area contributed by atoms with Gasteiger partial charge in [0.05, 0.1) is 0 Å². The second-order valence-electron chi connectivity index (χ2n) is 4.15. The summed E-state index contributed by atoms with van der Waals surface area (Å²) in [6, 6.07) is 8.51. The molecule has 0 aliphatic rings. The molecule has 1 atom stereocenters. The number of thioether (sulfide) groups is 1. The molecule has 0 spiro atoms. The van der Waals surface area contributed by atoms with E-state index in [0.29, 0.717) is 12.6 Å². The first-order chi connectivity index (χ1) is 8.72. The molecule has 1 aromatic rings. The molecule has 2 nitrogen and oxygen atoms in total. The van der Waals surface area contributed by atoms with Crippen LogP contribution in [-0.4, -0.2) is 30.7 Å². The molecule has 1 N–H and O–H groups in total. The Hall–Kier alpha value is -0.190. The van der Waals surface area contributed by atoms with Gasteiger partial charge in [0.2, 0.25) is 0 Å². The lowest BCUT2D eigenvalue weighted by molar-refractivity contribution is 0.306. The predicted molar refractivity (Wildman–Crippen MR) is 84.7 cm³/mol. The lowest BCUT2D eigenvalue weighted by Crippen LogP contribution is -2.30. The standard InChI is InChI=1S/C14H22BrNOS/c1-3-18-10-7-12(2)16-8-9-17-14-6-4-5-13(15)11-14/h4-6,11-12,16H,3,7-10H2,1-2H3. The first-order valence-corrected chi connectivity index (χ1v) is 8.36. The van der Waals surface area contributed by atoms with Gasteiger partial charge in [-0.15, -0.1) is 0 Å². The van der Waals surface area contributed by atoms with Crippen molar-refractivity contribution in [3.63, 3.8) is 0 Å². The maximum absolute atomic E-state index is 5.67. The van der Waals surface area contributed by atoms with Crippen LogP contribution in [0.5, 0.6) is 5.75 Å². The van der Waals surface area contributed by atoms with Gasteiger partial charge in [-0.3, -0.25) is 0 Å². The Labute approximate surface area is 123 Å². The van der Waals surface area contributed by atoms with Gasteiger partial charge in [0.25, 0.3) is 0 Å². The Bertz CT molecular complexity index is 335. The Kier molecular flexibility index (Phi) is 8.55. The Morgan fingerprint density at radius 3 is 3.00 bits per heavy atom. The number of rotatable bonds is 9. The number of ether oxygens (including phenoxy) is 1. The van der Waals surface area contributed by atoms with Gasteiger partial charge >= 0.3 is 0 Å². The molecule has 1 rings (SSSR count). The molecule has 0 fully saturated rings. The van der Waals surface area contributed by atoms with Gasteiger partial charge in [0.15, 0.2) is 0 Å². The molecule has 1 aromatic carbocycles. The average Bonchev–Trinajstić information content (AvgIpc) is 2.35. The molecule has 0 aliphatic heterocycles. The third-order valence-corrected chi connectivity index (χ3v) is 3.98. The zero-order valence-electron chi connectivity index (χ0n) is 11.1. The highest BCUT2D eigenvalue weighted by atomic mass is 79.9. The third kappa shape index (κ3) is 7.29. The minimum atomic E-state index is 0.565. The van der Waals surface area contributed by atoms with Crippen LogP contribution in [-0.2, 0) is 0 Å². The van der Waals surface area contributed by atoms with Gasteiger partial charge in [0.1, 0.15) is 12.4 Å². The zero-order chi connectivity index (χ0) is 13.2. The normalized spacial score (nSPS) is 12.4. The summed E-state index contributed by atoms with van der Waals surface area (Å²) < 4.78 is 6.72. The van der Waals surface area contributed by atoms with Crippen molar-refractivity contribution in [2.24, 2.45) is 0 Å². The van der Waals surface area contributed by atoms with Gasteiger partial charge in [-0.05, 0) is 43.0 Å². The molecule has 0 saturated carbocycles. The maximum Gasteiger partial charge on any atom is 0.120 e. The molecule has 0 heterocycles. The highest BCUT2D eigenvalue weighted by Gasteiger charge is 2.00. The van der Waals surface area contributed by atoms with Crippen molar-refractivity contribution in [1.82, 2.24) is 5.32 Å². The van der Waals surface area contributed by atoms with Crippen LogP contribution in [0.2, 0.25) is 0 Å². The largest absolute Gasteiger partial charge is 0.492 e. The van der Waals surface area contributed by atoms with Crippen LogP contribution in [0.15, 0.2) is 28.7 Å². The van der Waals surface area contributed by atoms with Crippen molar-refractivity contribution in [1.29, 1.82) is 0 Å². The van der Waals surface area contributed by atoms with E-state index < -0.39 is 0 Å². The van der Waals surface area contributed by atoms with E-state index in [1.54, 1.807) is 0 Å². The second kappa shape index (κ2) is 9.70. The molecule has 0 aliphatic carbocycles. The van der Waals surface area contributed by atoms with E-state index >= 15 is 0 Å². The number of hydrogen-bond donors (Lipinski definition) is 1. The molecular formula is C14H22BrNOS. The van der Waals surface area contributed by atoms with Crippen LogP contribution in [0.3, 0.4) is 0 Å². The van der Waals surface area contributed by atoms with Crippen LogP contribution in [0.25, 0.3) is 0 Å². The topological polar surface area (TPSA) is 21.3 Å². The highest BCUT2D eigenvalue weighted by Crippen LogP contribution is 2.17. The molecule has 0 bridgehead atoms. The van der Waals surface area contributed by atoms with Crippen molar-refractivity contribution in [3.05, 3.63) is 28.7 Å². The van der Waals surface area contributed by atoms with Gasteiger partial charge in [-0.25, -0.2) is 0 Å². The van der Waals surface area contributed by atoms with E-state index in [2.05, 4.69) is 35.1 Å². The van der Waals surface area contributed by atoms with Gasteiger partial charge in [-0.1, -0.05) is 28.9 Å². The molecule has 0 aromatic heterocycles. The van der Waals surface area contributed by atoms with Crippen LogP contribution in [0, 0.1) is 0 Å². The summed E-state index contributed by atoms with van der Waals surface area (Å²) in [7, 11) is 0. The summed E-state index contributed by atoms with van der Waals surface area (Å²) in [5.74, 6) is 3.36. The number of nitrogens with one attached hydrogen (secondary N) is 1. The van der Waals surface area contributed by atoms with E-state index in [1.807, 2.05) is 36.0 Å². The quantitative estimate of drug-likeness (QED) is 0.692. The predicted octanol–water partition coefficient (Wildman–Crippen LogP) is 3.95. The summed E-state index contributed by atoms with van der Waals surface area (Å²) in [5.41, 5.74) is 0. The van der Waals surface area contributed by atoms with Crippen LogP contribution < -0.4 is 10.1 Å². The summed E-state index contributed by atoms with van der Waals surface area (Å²) in [6.07, 6.45) is 1.22. The highest BCUT2D eigenvalue weighted by molar-refractivity contribution is 9.10. The third-order valence-electron chi connectivity index (χ3n) is 2.56. The molecule has 1 unspecified atom stereocenters. The van der Waals surface area contributed by atoms with Crippen molar-refractivity contribution in [2.45, 2.75) is 26.3 Å². The minimum Gasteiger partial charge on any atom is -0.492 e. The first kappa shape index (κ1) is 15.9. The second-order valence-corrected chi connectivity index (χ2v) is 6.46. The van der Waals surface area contributed by atoms with Gasteiger partial charge in [0, 0.05) is 17.1 Å². The van der Waals surface area contributed by atoms with Crippen molar-refractivity contribution in [3.8, 4) is 5.75 Å². The fraction of sp³-hybridized carbons (Fsp3) is 0.571. The molecule has 4 heteroatoms. The first-order valence-electron chi connectivity index (χ1n) is 6.42. The SMILES string of the molecule is CCSCCC(C)NCCOc1cccc(Br)c1. The minimum absolute atomic E-state index is 0.565. The van der Waals surface area contributed by atoms with E-state index in [1.165, 1.54) is 17.9 Å². The van der Waals surface area contributed by atoms with E-state index in [0.717, 1.165) is 16.8 Å². The summed E-state index contributed by atoms with van der Waals surface area (Å²) in [6.45, 7) is 6.04. The smallest absolute Gasteiger partial charge is 0.120 e. The number of halogens is 1. The van der Waals surface area contributed by atoms with Crippen LogP contribution in [0.4, 0.5) is 0 Å². The molecule has 0 radical (unpaired) electrons. The maximum atomic E-state index is 5.67. The average molecular weight is 332 g/mol. The molecule has 102 valence electrons. The zero-order valence-corrected chi connectivity index (χ0v) is 13.5. The molecule has 18 heavy (non-hydrogen) atoms. The summed E-state index contributed by atoms with van der Waals surface area (Å²) in [5, 5.41) is 3.48. The van der Waals surface area contributed by atoms with Gasteiger partial charge < -0.3 is 10.1 Å². The summed E-state index contributed by atoms with van der Waals surface area (Å²) in [4.78, 5) is 0. The van der Waals surface area contributed by atoms with Crippen LogP contribution >= 0.6 is 27.7 Å². The van der Waals surface area contributed by atoms with Gasteiger partial charge in [-0.2, -0.15) is 11.8 Å².